The summed E-state index contributed by atoms with van der Waals surface area (Å²) in [7, 11) is 0. The molecule has 0 aromatic heterocycles. The first-order valence-electron chi connectivity index (χ1n) is 6.97. The first kappa shape index (κ1) is 18.5. The van der Waals surface area contributed by atoms with Crippen LogP contribution in [0.5, 0.6) is 0 Å². The van der Waals surface area contributed by atoms with Crippen molar-refractivity contribution in [2.75, 3.05) is 13.2 Å². The number of rotatable bonds is 11. The molecule has 0 heterocycles. The predicted octanol–water partition coefficient (Wildman–Crippen LogP) is 1.91. The molecular formula is C12H30O3Sn2. The fraction of sp³-hybridized carbons (Fsp3) is 1.00. The molecule has 0 aliphatic rings. The Morgan fingerprint density at radius 2 is 1.18 bits per heavy atom. The first-order valence-corrected chi connectivity index (χ1v) is 13.3. The Hall–Kier alpha value is 1.48. The molecule has 0 aliphatic heterocycles. The molecule has 0 unspecified atom stereocenters. The molecule has 0 amide bonds. The minimum absolute atomic E-state index is 0.239. The molecular weight excluding hydrogens is 430 g/mol. The Bertz CT molecular complexity index is 146. The second-order valence-corrected chi connectivity index (χ2v) is 18.5. The molecule has 0 saturated carbocycles. The molecule has 0 spiro atoms. The topological polar surface area (TPSA) is 27.7 Å². The Morgan fingerprint density at radius 1 is 0.824 bits per heavy atom. The minimum atomic E-state index is -2.49. The van der Waals surface area contributed by atoms with Crippen molar-refractivity contribution in [1.82, 2.24) is 0 Å². The van der Waals surface area contributed by atoms with Gasteiger partial charge in [0.15, 0.2) is 0 Å². The molecule has 0 N–H and O–H groups in total. The number of hydrogen-bond acceptors (Lipinski definition) is 3. The molecule has 0 bridgehead atoms. The summed E-state index contributed by atoms with van der Waals surface area (Å²) in [5.41, 5.74) is 0. The van der Waals surface area contributed by atoms with E-state index in [2.05, 4.69) is 27.7 Å². The third-order valence-electron chi connectivity index (χ3n) is 3.44. The molecule has 0 fully saturated rings. The second-order valence-electron chi connectivity index (χ2n) is 4.56. The fourth-order valence-electron chi connectivity index (χ4n) is 1.66. The van der Waals surface area contributed by atoms with Crippen LogP contribution in [0.4, 0.5) is 0 Å². The fourth-order valence-corrected chi connectivity index (χ4v) is 10.4. The summed E-state index contributed by atoms with van der Waals surface area (Å²) in [6, 6.07) is 0. The standard InChI is InChI=1S/2C6H13O.O.2Sn.4H/c2*1-3-6(4-2)5-7;;;;;;;/h2*6H,3-5H2,1-2H3;;;;;;;/q2*-1;;;+2;;;;. The van der Waals surface area contributed by atoms with Gasteiger partial charge in [0, 0.05) is 0 Å². The van der Waals surface area contributed by atoms with Crippen LogP contribution in [0, 0.1) is 11.8 Å². The van der Waals surface area contributed by atoms with Crippen LogP contribution < -0.4 is 0 Å². The van der Waals surface area contributed by atoms with Gasteiger partial charge in [0.05, 0.1) is 0 Å². The Labute approximate surface area is 129 Å². The average Bonchev–Trinajstić information content (AvgIpc) is 2.38. The summed E-state index contributed by atoms with van der Waals surface area (Å²) in [5.74, 6) is 1.35. The molecule has 17 heavy (non-hydrogen) atoms. The van der Waals surface area contributed by atoms with E-state index >= 15 is 0 Å². The molecule has 0 aliphatic carbocycles. The monoisotopic (exact) mass is 462 g/mol. The van der Waals surface area contributed by atoms with Gasteiger partial charge < -0.3 is 0 Å². The van der Waals surface area contributed by atoms with Crippen LogP contribution in [-0.4, -0.2) is 57.2 Å². The summed E-state index contributed by atoms with van der Waals surface area (Å²) in [4.78, 5) is 0. The van der Waals surface area contributed by atoms with Gasteiger partial charge in [0.25, 0.3) is 0 Å². The molecule has 5 heteroatoms. The zero-order valence-corrected chi connectivity index (χ0v) is 21.2. The van der Waals surface area contributed by atoms with Gasteiger partial charge in [0.2, 0.25) is 0 Å². The van der Waals surface area contributed by atoms with E-state index in [0.29, 0.717) is 11.8 Å². The van der Waals surface area contributed by atoms with Crippen LogP contribution in [0.1, 0.15) is 53.4 Å². The average molecular weight is 460 g/mol. The van der Waals surface area contributed by atoms with Crippen molar-refractivity contribution in [3.05, 3.63) is 0 Å². The van der Waals surface area contributed by atoms with Gasteiger partial charge in [-0.3, -0.25) is 0 Å². The Kier molecular flexibility index (Phi) is 13.6. The van der Waals surface area contributed by atoms with E-state index in [4.69, 9.17) is 7.56 Å². The molecule has 3 nitrogen and oxygen atoms in total. The third kappa shape index (κ3) is 9.08. The summed E-state index contributed by atoms with van der Waals surface area (Å²) in [6.07, 6.45) is 4.76. The van der Waals surface area contributed by atoms with Crippen LogP contribution in [0.3, 0.4) is 0 Å². The molecule has 104 valence electrons. The van der Waals surface area contributed by atoms with E-state index in [-0.39, 0.29) is 22.9 Å². The first-order chi connectivity index (χ1) is 8.21. The van der Waals surface area contributed by atoms with Crippen LogP contribution in [0.2, 0.25) is 0 Å². The van der Waals surface area contributed by atoms with E-state index < -0.39 is 21.0 Å². The summed E-state index contributed by atoms with van der Waals surface area (Å²) >= 11 is -2.25. The van der Waals surface area contributed by atoms with Crippen molar-refractivity contribution in [2.45, 2.75) is 53.4 Å². The Balaban J connectivity index is 3.82. The predicted molar refractivity (Wildman–Crippen MR) is 78.2 cm³/mol. The summed E-state index contributed by atoms with van der Waals surface area (Å²) in [5, 5.41) is 0. The van der Waals surface area contributed by atoms with Crippen molar-refractivity contribution in [3.8, 4) is 0 Å². The van der Waals surface area contributed by atoms with Crippen molar-refractivity contribution in [1.29, 1.82) is 0 Å². The zero-order chi connectivity index (χ0) is 13.1. The van der Waals surface area contributed by atoms with Crippen LogP contribution >= 0.6 is 0 Å². The maximum absolute atomic E-state index is 5.89. The maximum atomic E-state index is 5.89. The van der Waals surface area contributed by atoms with E-state index in [1.165, 1.54) is 25.7 Å². The molecule has 0 saturated heterocycles. The van der Waals surface area contributed by atoms with E-state index in [1.54, 1.807) is 0 Å². The van der Waals surface area contributed by atoms with Gasteiger partial charge in [-0.05, 0) is 0 Å². The number of hydrogen-bond donors (Lipinski definition) is 0. The van der Waals surface area contributed by atoms with E-state index in [1.807, 2.05) is 0 Å². The van der Waals surface area contributed by atoms with Gasteiger partial charge in [-0.1, -0.05) is 0 Å². The van der Waals surface area contributed by atoms with E-state index in [9.17, 15) is 0 Å². The quantitative estimate of drug-likeness (QED) is 0.442. The summed E-state index contributed by atoms with van der Waals surface area (Å²) in [6.45, 7) is 10.6. The van der Waals surface area contributed by atoms with Crippen LogP contribution in [0.15, 0.2) is 0 Å². The van der Waals surface area contributed by atoms with Crippen molar-refractivity contribution in [3.63, 3.8) is 0 Å². The van der Waals surface area contributed by atoms with Crippen molar-refractivity contribution in [2.24, 2.45) is 11.8 Å². The van der Waals surface area contributed by atoms with Gasteiger partial charge in [-0.2, -0.15) is 0 Å². The third-order valence-corrected chi connectivity index (χ3v) is 14.6. The second kappa shape index (κ2) is 12.5. The summed E-state index contributed by atoms with van der Waals surface area (Å²) < 4.78 is 17.4. The van der Waals surface area contributed by atoms with E-state index in [0.717, 1.165) is 13.2 Å². The molecule has 0 rings (SSSR count). The van der Waals surface area contributed by atoms with Gasteiger partial charge in [-0.25, -0.2) is 0 Å². The van der Waals surface area contributed by atoms with Crippen molar-refractivity contribution < 1.29 is 7.56 Å². The molecule has 0 aromatic rings. The van der Waals surface area contributed by atoms with Gasteiger partial charge in [0.1, 0.15) is 0 Å². The molecule has 0 radical (unpaired) electrons. The van der Waals surface area contributed by atoms with Crippen LogP contribution in [0.25, 0.3) is 0 Å². The van der Waals surface area contributed by atoms with Crippen LogP contribution in [-0.2, 0) is 7.56 Å². The molecule has 0 atom stereocenters. The normalized spacial score (nSPS) is 12.2. The van der Waals surface area contributed by atoms with Crippen molar-refractivity contribution >= 4 is 43.9 Å². The zero-order valence-electron chi connectivity index (χ0n) is 12.2. The SMILES string of the molecule is CCC(CC)C[O][SnH]([O][SnH3])[O]CC(CC)CC. The van der Waals surface area contributed by atoms with Gasteiger partial charge in [-0.15, -0.1) is 0 Å². The Morgan fingerprint density at radius 3 is 1.41 bits per heavy atom. The molecule has 0 aromatic carbocycles. The van der Waals surface area contributed by atoms with Gasteiger partial charge >= 0.3 is 130 Å².